The highest BCUT2D eigenvalue weighted by molar-refractivity contribution is 7.99. The summed E-state index contributed by atoms with van der Waals surface area (Å²) in [6, 6.07) is 14.9. The quantitative estimate of drug-likeness (QED) is 0.647. The third-order valence-corrected chi connectivity index (χ3v) is 5.97. The van der Waals surface area contributed by atoms with Gasteiger partial charge in [-0.05, 0) is 36.4 Å². The molecule has 4 rings (SSSR count). The number of amides is 2. The molecule has 0 radical (unpaired) electrons. The molecule has 0 spiro atoms. The number of aromatic nitrogens is 3. The highest BCUT2D eigenvalue weighted by atomic mass is 32.2. The molecule has 1 fully saturated rings. The van der Waals surface area contributed by atoms with Crippen LogP contribution in [0.4, 0.5) is 5.69 Å². The van der Waals surface area contributed by atoms with Gasteiger partial charge in [-0.1, -0.05) is 17.3 Å². The van der Waals surface area contributed by atoms with Gasteiger partial charge in [-0.2, -0.15) is 5.26 Å². The molecule has 1 unspecified atom stereocenters. The van der Waals surface area contributed by atoms with Gasteiger partial charge in [0.2, 0.25) is 11.8 Å². The van der Waals surface area contributed by atoms with Gasteiger partial charge in [0.25, 0.3) is 5.56 Å². The minimum atomic E-state index is -0.604. The molecule has 0 saturated carbocycles. The maximum atomic E-state index is 12.8. The van der Waals surface area contributed by atoms with Gasteiger partial charge >= 0.3 is 0 Å². The molecule has 0 bridgehead atoms. The minimum absolute atomic E-state index is 0.0358. The molecule has 10 heteroatoms. The summed E-state index contributed by atoms with van der Waals surface area (Å²) in [7, 11) is 0. The second kappa shape index (κ2) is 8.97. The number of nitriles is 1. The lowest BCUT2D eigenvalue weighted by atomic mass is 10.2. The van der Waals surface area contributed by atoms with Crippen molar-refractivity contribution in [1.29, 1.82) is 5.26 Å². The van der Waals surface area contributed by atoms with E-state index in [0.717, 1.165) is 0 Å². The number of nitrogens with one attached hydrogen (secondary N) is 1. The van der Waals surface area contributed by atoms with Crippen LogP contribution in [-0.2, 0) is 16.1 Å². The van der Waals surface area contributed by atoms with Crippen molar-refractivity contribution in [2.45, 2.75) is 19.0 Å². The molecule has 2 heterocycles. The second-order valence-corrected chi connectivity index (χ2v) is 7.94. The van der Waals surface area contributed by atoms with Crippen LogP contribution in [0, 0.1) is 11.3 Å². The molecule has 1 aliphatic rings. The Kier molecular flexibility index (Phi) is 5.95. The van der Waals surface area contributed by atoms with Crippen molar-refractivity contribution in [3.05, 3.63) is 64.4 Å². The van der Waals surface area contributed by atoms with Crippen LogP contribution in [0.5, 0.6) is 0 Å². The zero-order valence-corrected chi connectivity index (χ0v) is 17.2. The van der Waals surface area contributed by atoms with Crippen LogP contribution in [0.15, 0.2) is 53.3 Å². The number of aryl methyl sites for hydroxylation is 1. The van der Waals surface area contributed by atoms with E-state index in [9.17, 15) is 14.4 Å². The number of carbonyl (C=O) groups is 2. The van der Waals surface area contributed by atoms with Crippen LogP contribution in [0.3, 0.4) is 0 Å². The Bertz CT molecular complexity index is 1230. The summed E-state index contributed by atoms with van der Waals surface area (Å²) in [6.45, 7) is 0.0840. The number of hydrogen-bond acceptors (Lipinski definition) is 7. The first-order chi connectivity index (χ1) is 15.1. The molecule has 2 aromatic carbocycles. The number of carbonyl (C=O) groups excluding carboxylic acids is 2. The highest BCUT2D eigenvalue weighted by Crippen LogP contribution is 2.23. The fraction of sp³-hybridized carbons (Fsp3) is 0.238. The topological polar surface area (TPSA) is 121 Å². The molecule has 1 aromatic heterocycles. The Hall–Kier alpha value is -3.71. The summed E-state index contributed by atoms with van der Waals surface area (Å²) in [5.74, 6) is 0.379. The molecular weight excluding hydrogens is 416 g/mol. The smallest absolute Gasteiger partial charge is 0.277 e. The van der Waals surface area contributed by atoms with Crippen molar-refractivity contribution in [3.8, 4) is 6.07 Å². The lowest BCUT2D eigenvalue weighted by Crippen LogP contribution is -2.45. The summed E-state index contributed by atoms with van der Waals surface area (Å²) in [5.41, 5.74) is 1.26. The summed E-state index contributed by atoms with van der Waals surface area (Å²) in [6.07, 6.45) is 0.0358. The average molecular weight is 434 g/mol. The van der Waals surface area contributed by atoms with E-state index in [-0.39, 0.29) is 30.3 Å². The molecule has 0 aliphatic carbocycles. The van der Waals surface area contributed by atoms with Gasteiger partial charge in [-0.15, -0.1) is 16.9 Å². The number of rotatable bonds is 5. The largest absolute Gasteiger partial charge is 0.324 e. The van der Waals surface area contributed by atoms with E-state index in [0.29, 0.717) is 33.8 Å². The van der Waals surface area contributed by atoms with E-state index in [1.165, 1.54) is 21.3 Å². The zero-order chi connectivity index (χ0) is 21.8. The van der Waals surface area contributed by atoms with Crippen LogP contribution in [0.1, 0.15) is 12.0 Å². The van der Waals surface area contributed by atoms with Gasteiger partial charge in [0.05, 0.1) is 29.4 Å². The van der Waals surface area contributed by atoms with Crippen molar-refractivity contribution in [1.82, 2.24) is 19.9 Å². The maximum Gasteiger partial charge on any atom is 0.277 e. The van der Waals surface area contributed by atoms with Crippen LogP contribution in [0.2, 0.25) is 0 Å². The van der Waals surface area contributed by atoms with E-state index in [1.54, 1.807) is 48.5 Å². The third-order valence-electron chi connectivity index (χ3n) is 4.95. The minimum Gasteiger partial charge on any atom is -0.324 e. The van der Waals surface area contributed by atoms with Crippen LogP contribution >= 0.6 is 11.8 Å². The van der Waals surface area contributed by atoms with Crippen molar-refractivity contribution in [3.63, 3.8) is 0 Å². The first-order valence-electron chi connectivity index (χ1n) is 9.57. The van der Waals surface area contributed by atoms with E-state index in [4.69, 9.17) is 5.26 Å². The summed E-state index contributed by atoms with van der Waals surface area (Å²) in [4.78, 5) is 39.5. The second-order valence-electron chi connectivity index (χ2n) is 6.94. The summed E-state index contributed by atoms with van der Waals surface area (Å²) < 4.78 is 1.18. The SMILES string of the molecule is N#Cc1ccc(NC(=O)C2CSCN2C(=O)CCn2nnc3ccccc3c2=O)cc1. The molecular formula is C21H18N6O3S. The predicted octanol–water partition coefficient (Wildman–Crippen LogP) is 1.59. The van der Waals surface area contributed by atoms with E-state index >= 15 is 0 Å². The Balaban J connectivity index is 1.41. The summed E-state index contributed by atoms with van der Waals surface area (Å²) >= 11 is 1.49. The van der Waals surface area contributed by atoms with Crippen molar-refractivity contribution in [2.24, 2.45) is 0 Å². The Labute approximate surface area is 181 Å². The number of thioether (sulfide) groups is 1. The molecule has 31 heavy (non-hydrogen) atoms. The highest BCUT2D eigenvalue weighted by Gasteiger charge is 2.34. The standard InChI is InChI=1S/C21H18N6O3S/c22-11-14-5-7-15(8-6-14)23-20(29)18-12-31-13-26(18)19(28)9-10-27-21(30)16-3-1-2-4-17(16)24-25-27/h1-8,18H,9-10,12-13H2,(H,23,29). The lowest BCUT2D eigenvalue weighted by Gasteiger charge is -2.23. The Morgan fingerprint density at radius 3 is 2.74 bits per heavy atom. The van der Waals surface area contributed by atoms with Gasteiger partial charge < -0.3 is 10.2 Å². The summed E-state index contributed by atoms with van der Waals surface area (Å²) in [5, 5.41) is 20.0. The fourth-order valence-electron chi connectivity index (χ4n) is 3.27. The molecule has 156 valence electrons. The van der Waals surface area contributed by atoms with Gasteiger partial charge in [0.15, 0.2) is 0 Å². The van der Waals surface area contributed by atoms with Crippen LogP contribution in [0.25, 0.3) is 10.9 Å². The average Bonchev–Trinajstić information content (AvgIpc) is 3.29. The number of benzene rings is 2. The first-order valence-corrected chi connectivity index (χ1v) is 10.7. The van der Waals surface area contributed by atoms with Crippen LogP contribution < -0.4 is 10.9 Å². The van der Waals surface area contributed by atoms with Crippen molar-refractivity contribution < 1.29 is 9.59 Å². The molecule has 1 atom stereocenters. The fourth-order valence-corrected chi connectivity index (χ4v) is 4.45. The molecule has 1 saturated heterocycles. The molecule has 1 aliphatic heterocycles. The van der Waals surface area contributed by atoms with Gasteiger partial charge in [-0.3, -0.25) is 14.4 Å². The number of fused-ring (bicyclic) bond motifs is 1. The number of nitrogens with zero attached hydrogens (tertiary/aromatic N) is 5. The van der Waals surface area contributed by atoms with Gasteiger partial charge in [-0.25, -0.2) is 4.68 Å². The van der Waals surface area contributed by atoms with E-state index < -0.39 is 6.04 Å². The first kappa shape index (κ1) is 20.6. The van der Waals surface area contributed by atoms with Crippen molar-refractivity contribution in [2.75, 3.05) is 16.9 Å². The van der Waals surface area contributed by atoms with E-state index in [2.05, 4.69) is 15.6 Å². The van der Waals surface area contributed by atoms with Crippen molar-refractivity contribution >= 4 is 40.2 Å². The Morgan fingerprint density at radius 1 is 1.19 bits per heavy atom. The van der Waals surface area contributed by atoms with Gasteiger partial charge in [0.1, 0.15) is 11.6 Å². The zero-order valence-electron chi connectivity index (χ0n) is 16.4. The monoisotopic (exact) mass is 434 g/mol. The molecule has 2 amide bonds. The predicted molar refractivity (Wildman–Crippen MR) is 116 cm³/mol. The third kappa shape index (κ3) is 4.41. The normalized spacial score (nSPS) is 15.6. The lowest BCUT2D eigenvalue weighted by molar-refractivity contribution is -0.136. The molecule has 9 nitrogen and oxygen atoms in total. The number of anilines is 1. The molecule has 3 aromatic rings. The number of hydrogen-bond donors (Lipinski definition) is 1. The Morgan fingerprint density at radius 2 is 1.97 bits per heavy atom. The van der Waals surface area contributed by atoms with Gasteiger partial charge in [0, 0.05) is 17.9 Å². The van der Waals surface area contributed by atoms with E-state index in [1.807, 2.05) is 6.07 Å². The maximum absolute atomic E-state index is 12.8. The van der Waals surface area contributed by atoms with Crippen LogP contribution in [-0.4, -0.2) is 49.4 Å². The molecule has 1 N–H and O–H groups in total.